The van der Waals surface area contributed by atoms with Crippen molar-refractivity contribution in [3.63, 3.8) is 0 Å². The van der Waals surface area contributed by atoms with E-state index in [2.05, 4.69) is 48.9 Å². The number of hydrogen-bond donors (Lipinski definition) is 2. The maximum atomic E-state index is 13.9. The quantitative estimate of drug-likeness (QED) is 0.450. The van der Waals surface area contributed by atoms with Crippen LogP contribution < -0.4 is 10.6 Å². The van der Waals surface area contributed by atoms with Gasteiger partial charge in [0.05, 0.1) is 17.2 Å². The van der Waals surface area contributed by atoms with Gasteiger partial charge in [-0.3, -0.25) is 9.59 Å². The summed E-state index contributed by atoms with van der Waals surface area (Å²) in [5.74, 6) is 0.275. The summed E-state index contributed by atoms with van der Waals surface area (Å²) in [5.41, 5.74) is 12.3. The number of H-pyrrole nitrogens is 1. The summed E-state index contributed by atoms with van der Waals surface area (Å²) in [6, 6.07) is 12.0. The fraction of sp³-hybridized carbons (Fsp3) is 0.452. The van der Waals surface area contributed by atoms with E-state index in [1.54, 1.807) is 6.07 Å². The van der Waals surface area contributed by atoms with E-state index in [0.29, 0.717) is 31.6 Å². The minimum atomic E-state index is -0.410. The molecule has 2 aromatic carbocycles. The third-order valence-corrected chi connectivity index (χ3v) is 8.37. The zero-order chi connectivity index (χ0) is 27.0. The highest BCUT2D eigenvalue weighted by Gasteiger charge is 2.40. The van der Waals surface area contributed by atoms with E-state index in [9.17, 15) is 14.9 Å². The van der Waals surface area contributed by atoms with Gasteiger partial charge < -0.3 is 20.5 Å². The van der Waals surface area contributed by atoms with Crippen molar-refractivity contribution in [3.8, 4) is 6.07 Å². The molecule has 5 rings (SSSR count). The molecular formula is C31H37N5O2. The fourth-order valence-corrected chi connectivity index (χ4v) is 6.11. The number of nitrogens with two attached hydrogens (primary N) is 1. The lowest BCUT2D eigenvalue weighted by atomic mass is 9.70. The maximum absolute atomic E-state index is 13.9. The first kappa shape index (κ1) is 26.0. The molecule has 2 heterocycles. The van der Waals surface area contributed by atoms with Gasteiger partial charge in [0.25, 0.3) is 0 Å². The van der Waals surface area contributed by atoms with Gasteiger partial charge in [-0.2, -0.15) is 5.26 Å². The maximum Gasteiger partial charge on any atom is 0.222 e. The normalized spacial score (nSPS) is 16.3. The van der Waals surface area contributed by atoms with E-state index in [-0.39, 0.29) is 11.7 Å². The molecule has 1 aliphatic carbocycles. The number of ketones is 1. The van der Waals surface area contributed by atoms with Crippen molar-refractivity contribution in [1.29, 1.82) is 5.26 Å². The van der Waals surface area contributed by atoms with E-state index in [1.165, 1.54) is 0 Å². The molecule has 1 aromatic heterocycles. The molecule has 3 aromatic rings. The summed E-state index contributed by atoms with van der Waals surface area (Å²) in [5, 5.41) is 10.2. The Morgan fingerprint density at radius 3 is 2.55 bits per heavy atom. The summed E-state index contributed by atoms with van der Waals surface area (Å²) in [6.45, 7) is 10.1. The van der Waals surface area contributed by atoms with Crippen molar-refractivity contribution in [2.24, 2.45) is 5.73 Å². The Balaban J connectivity index is 1.44. The number of rotatable bonds is 7. The average molecular weight is 512 g/mol. The summed E-state index contributed by atoms with van der Waals surface area (Å²) in [7, 11) is 0. The van der Waals surface area contributed by atoms with Crippen LogP contribution in [0.5, 0.6) is 0 Å². The van der Waals surface area contributed by atoms with Crippen molar-refractivity contribution in [2.75, 3.05) is 37.6 Å². The van der Waals surface area contributed by atoms with Crippen LogP contribution in [0.2, 0.25) is 0 Å². The second-order valence-electron chi connectivity index (χ2n) is 11.0. The fourth-order valence-electron chi connectivity index (χ4n) is 6.11. The third-order valence-electron chi connectivity index (χ3n) is 8.37. The van der Waals surface area contributed by atoms with E-state index < -0.39 is 5.41 Å². The molecule has 0 atom stereocenters. The van der Waals surface area contributed by atoms with Gasteiger partial charge in [-0.25, -0.2) is 0 Å². The highest BCUT2D eigenvalue weighted by atomic mass is 16.2. The molecule has 1 saturated heterocycles. The lowest BCUT2D eigenvalue weighted by Gasteiger charge is -2.39. The Morgan fingerprint density at radius 2 is 1.87 bits per heavy atom. The van der Waals surface area contributed by atoms with Gasteiger partial charge in [0.1, 0.15) is 0 Å². The topological polar surface area (TPSA) is 106 Å². The monoisotopic (exact) mass is 511 g/mol. The number of anilines is 1. The van der Waals surface area contributed by atoms with E-state index in [0.717, 1.165) is 83.3 Å². The molecule has 38 heavy (non-hydrogen) atoms. The van der Waals surface area contributed by atoms with Crippen molar-refractivity contribution in [1.82, 2.24) is 9.88 Å². The number of carbonyl (C=O) groups excluding carboxylic acids is 2. The third kappa shape index (κ3) is 4.37. The molecule has 1 amide bonds. The smallest absolute Gasteiger partial charge is 0.222 e. The Hall–Kier alpha value is -3.63. The van der Waals surface area contributed by atoms with Crippen molar-refractivity contribution < 1.29 is 9.59 Å². The SMILES string of the molecule is CCc1cc2c(cc1N1CCN(C(=O)CCCCCN)CC1)C(C)(C)c1[nH]c3cc(C#N)ccc3c1C2=O. The number of fused-ring (bicyclic) bond motifs is 4. The van der Waals surface area contributed by atoms with Gasteiger partial charge in [0.15, 0.2) is 5.78 Å². The van der Waals surface area contributed by atoms with Crippen LogP contribution in [0, 0.1) is 11.3 Å². The van der Waals surface area contributed by atoms with Crippen LogP contribution in [0.1, 0.15) is 84.8 Å². The summed E-state index contributed by atoms with van der Waals surface area (Å²) >= 11 is 0. The van der Waals surface area contributed by atoms with Crippen molar-refractivity contribution in [3.05, 3.63) is 63.8 Å². The molecule has 3 N–H and O–H groups in total. The zero-order valence-electron chi connectivity index (χ0n) is 22.7. The predicted molar refractivity (Wildman–Crippen MR) is 151 cm³/mol. The summed E-state index contributed by atoms with van der Waals surface area (Å²) < 4.78 is 0. The molecule has 0 unspecified atom stereocenters. The number of aromatic nitrogens is 1. The first-order valence-corrected chi connectivity index (χ1v) is 13.8. The van der Waals surface area contributed by atoms with Crippen molar-refractivity contribution in [2.45, 2.75) is 58.3 Å². The molecular weight excluding hydrogens is 474 g/mol. The summed E-state index contributed by atoms with van der Waals surface area (Å²) in [6.07, 6.45) is 4.29. The van der Waals surface area contributed by atoms with Crippen LogP contribution in [0.3, 0.4) is 0 Å². The van der Waals surface area contributed by atoms with E-state index in [4.69, 9.17) is 5.73 Å². The molecule has 0 spiro atoms. The van der Waals surface area contributed by atoms with Crippen LogP contribution in [-0.2, 0) is 16.6 Å². The minimum absolute atomic E-state index is 0.0385. The first-order chi connectivity index (χ1) is 18.3. The number of aromatic amines is 1. The van der Waals surface area contributed by atoms with Crippen LogP contribution in [0.4, 0.5) is 5.69 Å². The molecule has 0 bridgehead atoms. The molecule has 0 radical (unpaired) electrons. The van der Waals surface area contributed by atoms with Crippen LogP contribution in [0.25, 0.3) is 10.9 Å². The molecule has 0 saturated carbocycles. The Labute approximate surface area is 224 Å². The highest BCUT2D eigenvalue weighted by Crippen LogP contribution is 2.45. The van der Waals surface area contributed by atoms with Gasteiger partial charge in [0.2, 0.25) is 5.91 Å². The number of hydrogen-bond acceptors (Lipinski definition) is 5. The minimum Gasteiger partial charge on any atom is -0.368 e. The number of aryl methyl sites for hydroxylation is 1. The van der Waals surface area contributed by atoms with E-state index >= 15 is 0 Å². The number of unbranched alkanes of at least 4 members (excludes halogenated alkanes) is 2. The van der Waals surface area contributed by atoms with Gasteiger partial charge in [-0.15, -0.1) is 0 Å². The number of carbonyl (C=O) groups is 2. The molecule has 2 aliphatic rings. The lowest BCUT2D eigenvalue weighted by molar-refractivity contribution is -0.131. The van der Waals surface area contributed by atoms with E-state index in [1.807, 2.05) is 17.0 Å². The number of nitrogens with one attached hydrogen (secondary N) is 1. The molecule has 7 heteroatoms. The number of benzene rings is 2. The molecule has 198 valence electrons. The lowest BCUT2D eigenvalue weighted by Crippen LogP contribution is -2.49. The summed E-state index contributed by atoms with van der Waals surface area (Å²) in [4.78, 5) is 34.4. The first-order valence-electron chi connectivity index (χ1n) is 13.8. The second-order valence-corrected chi connectivity index (χ2v) is 11.0. The van der Waals surface area contributed by atoms with Crippen molar-refractivity contribution >= 4 is 28.3 Å². The van der Waals surface area contributed by atoms with Crippen LogP contribution in [-0.4, -0.2) is 54.3 Å². The highest BCUT2D eigenvalue weighted by molar-refractivity contribution is 6.20. The van der Waals surface area contributed by atoms with Gasteiger partial charge in [0, 0.05) is 65.9 Å². The number of piperazine rings is 1. The standard InChI is InChI=1S/C31H37N5O2/c1-4-21-17-23-24(18-26(21)35-12-14-36(15-13-35)27(37)8-6-5-7-11-32)31(2,3)30-28(29(23)38)22-10-9-20(19-33)16-25(22)34-30/h9-10,16-18,34H,4-8,11-15,32H2,1-3H3. The zero-order valence-corrected chi connectivity index (χ0v) is 22.7. The molecule has 1 fully saturated rings. The van der Waals surface area contributed by atoms with Gasteiger partial charge in [-0.1, -0.05) is 33.3 Å². The van der Waals surface area contributed by atoms with Crippen LogP contribution in [0.15, 0.2) is 30.3 Å². The van der Waals surface area contributed by atoms with Gasteiger partial charge >= 0.3 is 0 Å². The average Bonchev–Trinajstić information content (AvgIpc) is 3.33. The molecule has 7 nitrogen and oxygen atoms in total. The molecule has 1 aliphatic heterocycles. The predicted octanol–water partition coefficient (Wildman–Crippen LogP) is 4.64. The number of nitriles is 1. The Kier molecular flexibility index (Phi) is 7.02. The number of amides is 1. The van der Waals surface area contributed by atoms with Crippen LogP contribution >= 0.6 is 0 Å². The number of nitrogens with zero attached hydrogens (tertiary/aromatic N) is 3. The largest absolute Gasteiger partial charge is 0.368 e. The second kappa shape index (κ2) is 10.3. The van der Waals surface area contributed by atoms with Gasteiger partial charge in [-0.05, 0) is 61.2 Å². The Bertz CT molecular complexity index is 1440. The Morgan fingerprint density at radius 1 is 1.11 bits per heavy atom.